The Hall–Kier alpha value is -2.97. The highest BCUT2D eigenvalue weighted by Gasteiger charge is 2.18. The first-order chi connectivity index (χ1) is 15.2. The van der Waals surface area contributed by atoms with Crippen LogP contribution < -0.4 is 21.8 Å². The van der Waals surface area contributed by atoms with Crippen molar-refractivity contribution in [2.45, 2.75) is 20.3 Å². The molecule has 0 saturated carbocycles. The average Bonchev–Trinajstić information content (AvgIpc) is 2.72. The lowest BCUT2D eigenvalue weighted by Gasteiger charge is -2.20. The lowest BCUT2D eigenvalue weighted by Crippen LogP contribution is -2.12. The summed E-state index contributed by atoms with van der Waals surface area (Å²) >= 11 is 11.6. The number of fused-ring (bicyclic) bond motifs is 2. The minimum atomic E-state index is -0.431. The molecule has 9 heteroatoms. The van der Waals surface area contributed by atoms with Crippen molar-refractivity contribution in [3.8, 4) is 17.2 Å². The van der Waals surface area contributed by atoms with Gasteiger partial charge in [0, 0.05) is 28.6 Å². The van der Waals surface area contributed by atoms with Crippen LogP contribution in [0, 0.1) is 0 Å². The van der Waals surface area contributed by atoms with Gasteiger partial charge in [-0.3, -0.25) is 0 Å². The first-order valence-electron chi connectivity index (χ1n) is 9.69. The van der Waals surface area contributed by atoms with E-state index in [1.54, 1.807) is 18.2 Å². The lowest BCUT2D eigenvalue weighted by molar-refractivity contribution is 0.429. The fourth-order valence-corrected chi connectivity index (χ4v) is 3.52. The number of phenols is 2. The summed E-state index contributed by atoms with van der Waals surface area (Å²) in [7, 11) is 0. The number of allylic oxidation sites excluding steroid dienone is 1. The van der Waals surface area contributed by atoms with Crippen LogP contribution in [0.25, 0.3) is 16.5 Å². The average molecular weight is 493 g/mol. The van der Waals surface area contributed by atoms with Crippen LogP contribution in [0.4, 0.5) is 0 Å². The Balaban J connectivity index is 0.000000227. The fraction of sp³-hybridized carbons (Fsp3) is 0.208. The SMILES string of the molecule is C.C=C1C=C(CCN)c2cc(Cl)c(O)cc2O1.NCCc1cc2cc(Cl)c(O)cc2oc1=O. The summed E-state index contributed by atoms with van der Waals surface area (Å²) in [6.07, 6.45) is 3.01. The number of hydrogen-bond acceptors (Lipinski definition) is 7. The van der Waals surface area contributed by atoms with Gasteiger partial charge in [0.15, 0.2) is 0 Å². The molecular formula is C24H26Cl2N2O5. The van der Waals surface area contributed by atoms with Gasteiger partial charge >= 0.3 is 5.63 Å². The number of halogens is 2. The fourth-order valence-electron chi connectivity index (χ4n) is 3.18. The molecule has 6 N–H and O–H groups in total. The number of aromatic hydroxyl groups is 2. The van der Waals surface area contributed by atoms with E-state index in [0.717, 1.165) is 17.6 Å². The Morgan fingerprint density at radius 2 is 1.58 bits per heavy atom. The van der Waals surface area contributed by atoms with Crippen LogP contribution in [0.2, 0.25) is 10.0 Å². The van der Waals surface area contributed by atoms with Crippen LogP contribution in [0.1, 0.15) is 25.0 Å². The van der Waals surface area contributed by atoms with Gasteiger partial charge in [-0.1, -0.05) is 37.2 Å². The van der Waals surface area contributed by atoms with Gasteiger partial charge in [-0.25, -0.2) is 4.79 Å². The number of benzene rings is 2. The van der Waals surface area contributed by atoms with E-state index in [-0.39, 0.29) is 23.9 Å². The molecule has 0 bridgehead atoms. The molecule has 0 fully saturated rings. The topological polar surface area (TPSA) is 132 Å². The molecule has 0 atom stereocenters. The molecule has 0 unspecified atom stereocenters. The normalized spacial score (nSPS) is 12.1. The summed E-state index contributed by atoms with van der Waals surface area (Å²) < 4.78 is 10.5. The summed E-state index contributed by atoms with van der Waals surface area (Å²) in [4.78, 5) is 11.5. The van der Waals surface area contributed by atoms with Gasteiger partial charge in [-0.15, -0.1) is 0 Å². The summed E-state index contributed by atoms with van der Waals surface area (Å²) in [5.74, 6) is 1.00. The molecule has 2 heterocycles. The van der Waals surface area contributed by atoms with E-state index in [9.17, 15) is 15.0 Å². The van der Waals surface area contributed by atoms with E-state index in [0.29, 0.717) is 52.6 Å². The van der Waals surface area contributed by atoms with Crippen molar-refractivity contribution in [2.75, 3.05) is 13.1 Å². The van der Waals surface area contributed by atoms with Crippen molar-refractivity contribution in [1.29, 1.82) is 0 Å². The zero-order valence-electron chi connectivity index (χ0n) is 17.0. The molecule has 0 amide bonds. The van der Waals surface area contributed by atoms with E-state index < -0.39 is 5.63 Å². The molecule has 0 saturated heterocycles. The van der Waals surface area contributed by atoms with Crippen LogP contribution in [0.5, 0.6) is 17.2 Å². The van der Waals surface area contributed by atoms with Crippen LogP contribution >= 0.6 is 23.2 Å². The predicted octanol–water partition coefficient (Wildman–Crippen LogP) is 4.97. The van der Waals surface area contributed by atoms with Gasteiger partial charge in [0.25, 0.3) is 0 Å². The minimum absolute atomic E-state index is 0. The van der Waals surface area contributed by atoms with Crippen molar-refractivity contribution in [2.24, 2.45) is 11.5 Å². The van der Waals surface area contributed by atoms with Crippen LogP contribution in [-0.4, -0.2) is 23.3 Å². The summed E-state index contributed by atoms with van der Waals surface area (Å²) in [6, 6.07) is 7.73. The molecule has 1 aromatic heterocycles. The molecule has 0 aliphatic carbocycles. The van der Waals surface area contributed by atoms with E-state index in [1.165, 1.54) is 12.1 Å². The monoisotopic (exact) mass is 492 g/mol. The van der Waals surface area contributed by atoms with Gasteiger partial charge in [0.05, 0.1) is 10.0 Å². The van der Waals surface area contributed by atoms with Crippen molar-refractivity contribution in [3.63, 3.8) is 0 Å². The molecule has 0 radical (unpaired) electrons. The highest BCUT2D eigenvalue weighted by Crippen LogP contribution is 2.40. The lowest BCUT2D eigenvalue weighted by atomic mass is 9.99. The molecule has 1 aliphatic heterocycles. The second kappa shape index (κ2) is 11.2. The first-order valence-corrected chi connectivity index (χ1v) is 10.4. The van der Waals surface area contributed by atoms with Crippen molar-refractivity contribution >= 4 is 39.7 Å². The molecule has 7 nitrogen and oxygen atoms in total. The number of phenolic OH excluding ortho intramolecular Hbond substituents is 2. The Bertz CT molecular complexity index is 1270. The third-order valence-corrected chi connectivity index (χ3v) is 5.28. The van der Waals surface area contributed by atoms with Crippen molar-refractivity contribution < 1.29 is 19.4 Å². The number of rotatable bonds is 4. The molecule has 33 heavy (non-hydrogen) atoms. The van der Waals surface area contributed by atoms with E-state index >= 15 is 0 Å². The second-order valence-corrected chi connectivity index (χ2v) is 7.83. The molecular weight excluding hydrogens is 467 g/mol. The third kappa shape index (κ3) is 6.09. The van der Waals surface area contributed by atoms with Crippen molar-refractivity contribution in [3.05, 3.63) is 80.3 Å². The predicted molar refractivity (Wildman–Crippen MR) is 133 cm³/mol. The maximum atomic E-state index is 11.5. The molecule has 4 rings (SSSR count). The van der Waals surface area contributed by atoms with Gasteiger partial charge in [0.1, 0.15) is 28.6 Å². The molecule has 1 aliphatic rings. The van der Waals surface area contributed by atoms with Gasteiger partial charge < -0.3 is 30.8 Å². The molecule has 0 spiro atoms. The van der Waals surface area contributed by atoms with Crippen LogP contribution in [0.3, 0.4) is 0 Å². The second-order valence-electron chi connectivity index (χ2n) is 7.02. The van der Waals surface area contributed by atoms with Crippen LogP contribution in [-0.2, 0) is 6.42 Å². The highest BCUT2D eigenvalue weighted by atomic mass is 35.5. The van der Waals surface area contributed by atoms with E-state index in [4.69, 9.17) is 43.8 Å². The zero-order valence-corrected chi connectivity index (χ0v) is 18.5. The number of hydrogen-bond donors (Lipinski definition) is 4. The molecule has 3 aromatic rings. The quantitative estimate of drug-likeness (QED) is 0.377. The molecule has 2 aromatic carbocycles. The summed E-state index contributed by atoms with van der Waals surface area (Å²) in [5.41, 5.74) is 13.2. The van der Waals surface area contributed by atoms with Gasteiger partial charge in [0.2, 0.25) is 0 Å². The summed E-state index contributed by atoms with van der Waals surface area (Å²) in [5, 5.41) is 20.1. The largest absolute Gasteiger partial charge is 0.506 e. The number of nitrogens with two attached hydrogens (primary N) is 2. The number of ether oxygens (including phenoxy) is 1. The van der Waals surface area contributed by atoms with E-state index in [2.05, 4.69) is 6.58 Å². The minimum Gasteiger partial charge on any atom is -0.506 e. The Labute approximate surface area is 201 Å². The van der Waals surface area contributed by atoms with Crippen molar-refractivity contribution in [1.82, 2.24) is 0 Å². The zero-order chi connectivity index (χ0) is 23.4. The maximum absolute atomic E-state index is 11.5. The maximum Gasteiger partial charge on any atom is 0.339 e. The Morgan fingerprint density at radius 3 is 2.24 bits per heavy atom. The Kier molecular flexibility index (Phi) is 8.96. The summed E-state index contributed by atoms with van der Waals surface area (Å²) in [6.45, 7) is 4.66. The third-order valence-electron chi connectivity index (χ3n) is 4.67. The smallest absolute Gasteiger partial charge is 0.339 e. The molecule has 176 valence electrons. The van der Waals surface area contributed by atoms with Crippen LogP contribution in [0.15, 0.2) is 58.0 Å². The standard InChI is InChI=1S/C12H12ClNO2.C11H10ClNO3.CH4/c1-7-4-8(2-3-14)9-5-10(13)11(15)6-12(9)16-7;12-8-4-7-3-6(1-2-13)11(15)16-10(7)5-9(8)14;/h4-6,15H,1-3,14H2;3-5,14H,1-2,13H2;1H4. The van der Waals surface area contributed by atoms with E-state index in [1.807, 2.05) is 6.08 Å². The van der Waals surface area contributed by atoms with Gasteiger partial charge in [-0.2, -0.15) is 0 Å². The highest BCUT2D eigenvalue weighted by molar-refractivity contribution is 6.32. The van der Waals surface area contributed by atoms with Gasteiger partial charge in [-0.05, 0) is 55.8 Å². The Morgan fingerprint density at radius 1 is 0.939 bits per heavy atom. The first kappa shape index (κ1) is 26.3.